The quantitative estimate of drug-likeness (QED) is 0.869. The molecule has 0 bridgehead atoms. The van der Waals surface area contributed by atoms with Crippen LogP contribution in [0.3, 0.4) is 0 Å². The number of aromatic nitrogens is 1. The highest BCUT2D eigenvalue weighted by Gasteiger charge is 2.15. The predicted octanol–water partition coefficient (Wildman–Crippen LogP) is 1.90. The molecule has 1 unspecified atom stereocenters. The van der Waals surface area contributed by atoms with Crippen molar-refractivity contribution in [1.29, 1.82) is 0 Å². The summed E-state index contributed by atoms with van der Waals surface area (Å²) in [5, 5.41) is 2.61. The molecule has 1 amide bonds. The van der Waals surface area contributed by atoms with Crippen LogP contribution in [0.4, 0.5) is 0 Å². The lowest BCUT2D eigenvalue weighted by atomic mass is 10.1. The molecule has 0 spiro atoms. The van der Waals surface area contributed by atoms with Gasteiger partial charge in [0.25, 0.3) is 11.5 Å². The second-order valence-electron chi connectivity index (χ2n) is 4.39. The minimum absolute atomic E-state index is 0.0849. The molecule has 0 saturated carbocycles. The Hall–Kier alpha value is -1.44. The van der Waals surface area contributed by atoms with Crippen molar-refractivity contribution in [3.05, 3.63) is 55.6 Å². The maximum atomic E-state index is 11.9. The van der Waals surface area contributed by atoms with E-state index < -0.39 is 16.4 Å². The van der Waals surface area contributed by atoms with Crippen molar-refractivity contribution in [3.63, 3.8) is 0 Å². The van der Waals surface area contributed by atoms with Gasteiger partial charge in [0.2, 0.25) is 0 Å². The van der Waals surface area contributed by atoms with Crippen LogP contribution in [-0.4, -0.2) is 20.7 Å². The Balaban J connectivity index is 1.96. The zero-order chi connectivity index (χ0) is 15.4. The highest BCUT2D eigenvalue weighted by molar-refractivity contribution is 7.83. The Morgan fingerprint density at radius 1 is 1.33 bits per heavy atom. The summed E-state index contributed by atoms with van der Waals surface area (Å²) in [6.07, 6.45) is 1.65. The Morgan fingerprint density at radius 2 is 1.95 bits per heavy atom. The zero-order valence-electron chi connectivity index (χ0n) is 11.1. The van der Waals surface area contributed by atoms with Gasteiger partial charge in [0.05, 0.1) is 0 Å². The van der Waals surface area contributed by atoms with Crippen LogP contribution in [0.15, 0.2) is 29.1 Å². The van der Waals surface area contributed by atoms with Gasteiger partial charge in [0.15, 0.2) is 0 Å². The topological polar surface area (TPSA) is 79.0 Å². The minimum Gasteiger partial charge on any atom is -0.347 e. The van der Waals surface area contributed by atoms with E-state index in [4.69, 9.17) is 11.6 Å². The van der Waals surface area contributed by atoms with Gasteiger partial charge in [-0.2, -0.15) is 0 Å². The highest BCUT2D eigenvalue weighted by Crippen LogP contribution is 2.14. The van der Waals surface area contributed by atoms with Crippen LogP contribution in [0.1, 0.15) is 20.8 Å². The van der Waals surface area contributed by atoms with E-state index in [1.54, 1.807) is 6.26 Å². The molecule has 0 aliphatic heterocycles. The average Bonchev–Trinajstić information content (AvgIpc) is 2.77. The van der Waals surface area contributed by atoms with E-state index in [2.05, 4.69) is 9.69 Å². The third kappa shape index (κ3) is 4.26. The fourth-order valence-corrected chi connectivity index (χ4v) is 3.30. The van der Waals surface area contributed by atoms with Crippen molar-refractivity contribution in [3.8, 4) is 0 Å². The molecule has 5 nitrogen and oxygen atoms in total. The first kappa shape index (κ1) is 15.9. The zero-order valence-corrected chi connectivity index (χ0v) is 13.5. The number of aromatic amines is 1. The molecule has 0 radical (unpaired) electrons. The van der Waals surface area contributed by atoms with Gasteiger partial charge in [-0.3, -0.25) is 18.2 Å². The van der Waals surface area contributed by atoms with Crippen LogP contribution in [-0.2, 0) is 23.1 Å². The number of hydrogen-bond donors (Lipinski definition) is 2. The number of rotatable bonds is 5. The molecule has 0 aliphatic carbocycles. The van der Waals surface area contributed by atoms with Gasteiger partial charge in [-0.05, 0) is 11.1 Å². The monoisotopic (exact) mass is 344 g/mol. The van der Waals surface area contributed by atoms with Gasteiger partial charge in [0, 0.05) is 29.4 Å². The van der Waals surface area contributed by atoms with E-state index in [1.807, 2.05) is 24.3 Å². The summed E-state index contributed by atoms with van der Waals surface area (Å²) in [7, 11) is -0.876. The fraction of sp³-hybridized carbons (Fsp3) is 0.231. The smallest absolute Gasteiger partial charge is 0.277 e. The van der Waals surface area contributed by atoms with Crippen molar-refractivity contribution in [1.82, 2.24) is 9.69 Å². The number of H-pyrrole nitrogens is 1. The summed E-state index contributed by atoms with van der Waals surface area (Å²) in [6, 6.07) is 7.49. The number of hydrogen-bond acceptors (Lipinski definition) is 4. The third-order valence-corrected chi connectivity index (χ3v) is 4.79. The number of halogens is 1. The van der Waals surface area contributed by atoms with Crippen molar-refractivity contribution in [2.24, 2.45) is 0 Å². The summed E-state index contributed by atoms with van der Waals surface area (Å²) in [5.74, 6) is 0.126. The number of nitrogens with one attached hydrogen (secondary N) is 2. The minimum atomic E-state index is -0.876. The molecular weight excluding hydrogens is 332 g/mol. The summed E-state index contributed by atoms with van der Waals surface area (Å²) in [5.41, 5.74) is 1.44. The molecule has 0 fully saturated rings. The van der Waals surface area contributed by atoms with E-state index in [1.165, 1.54) is 0 Å². The van der Waals surface area contributed by atoms with Crippen LogP contribution < -0.4 is 10.9 Å². The van der Waals surface area contributed by atoms with Crippen LogP contribution in [0.5, 0.6) is 0 Å². The van der Waals surface area contributed by atoms with Crippen LogP contribution >= 0.6 is 23.1 Å². The van der Waals surface area contributed by atoms with Crippen molar-refractivity contribution >= 4 is 39.8 Å². The lowest BCUT2D eigenvalue weighted by Gasteiger charge is -2.05. The first-order chi connectivity index (χ1) is 9.97. The van der Waals surface area contributed by atoms with E-state index in [0.717, 1.165) is 22.7 Å². The number of benzene rings is 1. The normalized spacial score (nSPS) is 12.1. The highest BCUT2D eigenvalue weighted by atomic mass is 35.5. The molecule has 2 rings (SSSR count). The predicted molar refractivity (Wildman–Crippen MR) is 85.3 cm³/mol. The fourth-order valence-electron chi connectivity index (χ4n) is 1.69. The third-order valence-electron chi connectivity index (χ3n) is 2.70. The Morgan fingerprint density at radius 3 is 2.48 bits per heavy atom. The lowest BCUT2D eigenvalue weighted by molar-refractivity contribution is 0.0955. The molecule has 1 heterocycles. The van der Waals surface area contributed by atoms with Gasteiger partial charge in [-0.1, -0.05) is 47.4 Å². The molecule has 112 valence electrons. The molecule has 21 heavy (non-hydrogen) atoms. The molecule has 0 aliphatic rings. The summed E-state index contributed by atoms with van der Waals surface area (Å²) >= 11 is 6.64. The van der Waals surface area contributed by atoms with E-state index in [9.17, 15) is 13.8 Å². The number of carbonyl (C=O) groups excluding carboxylic acids is 1. The molecular formula is C13H13ClN2O3S2. The molecule has 0 saturated heterocycles. The maximum absolute atomic E-state index is 11.9. The van der Waals surface area contributed by atoms with E-state index in [0.29, 0.717) is 12.3 Å². The van der Waals surface area contributed by atoms with Gasteiger partial charge in [-0.25, -0.2) is 0 Å². The van der Waals surface area contributed by atoms with Crippen LogP contribution in [0.2, 0.25) is 5.02 Å². The van der Waals surface area contributed by atoms with Crippen molar-refractivity contribution in [2.45, 2.75) is 12.3 Å². The maximum Gasteiger partial charge on any atom is 0.277 e. The van der Waals surface area contributed by atoms with Crippen LogP contribution in [0, 0.1) is 0 Å². The SMILES string of the molecule is CS(=O)Cc1ccc(CNC(=O)c2s[nH]c(=O)c2Cl)cc1. The largest absolute Gasteiger partial charge is 0.347 e. The summed E-state index contributed by atoms with van der Waals surface area (Å²) in [6.45, 7) is 0.330. The second-order valence-corrected chi connectivity index (χ2v) is 7.02. The number of amides is 1. The molecule has 8 heteroatoms. The molecule has 2 N–H and O–H groups in total. The number of carbonyl (C=O) groups is 1. The van der Waals surface area contributed by atoms with Gasteiger partial charge < -0.3 is 5.32 Å². The van der Waals surface area contributed by atoms with Crippen molar-refractivity contribution in [2.75, 3.05) is 6.26 Å². The Labute approximate surface area is 132 Å². The summed E-state index contributed by atoms with van der Waals surface area (Å²) in [4.78, 5) is 23.2. The average molecular weight is 345 g/mol. The lowest BCUT2D eigenvalue weighted by Crippen LogP contribution is -2.22. The van der Waals surface area contributed by atoms with Gasteiger partial charge in [0.1, 0.15) is 9.90 Å². The Kier molecular flexibility index (Phi) is 5.33. The van der Waals surface area contributed by atoms with Gasteiger partial charge >= 0.3 is 0 Å². The van der Waals surface area contributed by atoms with E-state index in [-0.39, 0.29) is 15.8 Å². The van der Waals surface area contributed by atoms with E-state index >= 15 is 0 Å². The van der Waals surface area contributed by atoms with Crippen molar-refractivity contribution < 1.29 is 9.00 Å². The molecule has 1 aromatic carbocycles. The summed E-state index contributed by atoms with van der Waals surface area (Å²) < 4.78 is 13.5. The first-order valence-electron chi connectivity index (χ1n) is 6.00. The first-order valence-corrected chi connectivity index (χ1v) is 8.92. The van der Waals surface area contributed by atoms with Crippen LogP contribution in [0.25, 0.3) is 0 Å². The van der Waals surface area contributed by atoms with Gasteiger partial charge in [-0.15, -0.1) is 0 Å². The molecule has 1 aromatic heterocycles. The molecule has 1 atom stereocenters. The molecule has 2 aromatic rings. The Bertz CT molecular complexity index is 722. The standard InChI is InChI=1S/C13H13ClN2O3S2/c1-21(19)7-9-4-2-8(3-5-9)6-15-13(18)11-10(14)12(17)16-20-11/h2-5H,6-7H2,1H3,(H,15,18)(H,16,17). The second kappa shape index (κ2) is 7.02.